The van der Waals surface area contributed by atoms with Crippen LogP contribution in [0.4, 0.5) is 0 Å². The Hall–Kier alpha value is -0.640. The van der Waals surface area contributed by atoms with E-state index in [-0.39, 0.29) is 17.9 Å². The first-order valence-electron chi connectivity index (χ1n) is 5.71. The Morgan fingerprint density at radius 3 is 2.53 bits per heavy atom. The SMILES string of the molecule is CCC(NC(=O)C1CC2CC2C1)C(N)=S. The first-order valence-corrected chi connectivity index (χ1v) is 6.12. The molecule has 0 aromatic rings. The highest BCUT2D eigenvalue weighted by molar-refractivity contribution is 7.80. The third-order valence-corrected chi connectivity index (χ3v) is 3.97. The van der Waals surface area contributed by atoms with Gasteiger partial charge in [-0.25, -0.2) is 0 Å². The second kappa shape index (κ2) is 4.08. The lowest BCUT2D eigenvalue weighted by atomic mass is 10.0. The van der Waals surface area contributed by atoms with Gasteiger partial charge in [-0.3, -0.25) is 4.79 Å². The van der Waals surface area contributed by atoms with Crippen LogP contribution in [0, 0.1) is 17.8 Å². The highest BCUT2D eigenvalue weighted by Crippen LogP contribution is 2.54. The van der Waals surface area contributed by atoms with Gasteiger partial charge in [-0.05, 0) is 37.5 Å². The second-order valence-electron chi connectivity index (χ2n) is 4.80. The zero-order chi connectivity index (χ0) is 11.0. The lowest BCUT2D eigenvalue weighted by molar-refractivity contribution is -0.125. The maximum absolute atomic E-state index is 11.9. The summed E-state index contributed by atoms with van der Waals surface area (Å²) in [4.78, 5) is 12.3. The third kappa shape index (κ3) is 2.30. The van der Waals surface area contributed by atoms with Crippen molar-refractivity contribution in [1.82, 2.24) is 5.32 Å². The van der Waals surface area contributed by atoms with Crippen molar-refractivity contribution in [2.75, 3.05) is 0 Å². The van der Waals surface area contributed by atoms with Gasteiger partial charge < -0.3 is 11.1 Å². The molecule has 3 unspecified atom stereocenters. The molecule has 0 aromatic heterocycles. The van der Waals surface area contributed by atoms with Crippen molar-refractivity contribution in [2.24, 2.45) is 23.5 Å². The molecular weight excluding hydrogens is 208 g/mol. The van der Waals surface area contributed by atoms with E-state index in [1.165, 1.54) is 6.42 Å². The summed E-state index contributed by atoms with van der Waals surface area (Å²) < 4.78 is 0. The Kier molecular flexibility index (Phi) is 2.96. The fourth-order valence-electron chi connectivity index (χ4n) is 2.59. The standard InChI is InChI=1S/C11H18N2OS/c1-2-9(10(12)15)13-11(14)8-4-6-3-7(6)5-8/h6-9H,2-5H2,1H3,(H2,12,15)(H,13,14). The minimum atomic E-state index is -0.121. The average Bonchev–Trinajstić information content (AvgIpc) is 2.81. The molecule has 4 heteroatoms. The monoisotopic (exact) mass is 226 g/mol. The molecule has 2 saturated carbocycles. The van der Waals surface area contributed by atoms with Gasteiger partial charge in [-0.15, -0.1) is 0 Å². The van der Waals surface area contributed by atoms with Crippen molar-refractivity contribution in [3.8, 4) is 0 Å². The van der Waals surface area contributed by atoms with Crippen LogP contribution in [0.5, 0.6) is 0 Å². The summed E-state index contributed by atoms with van der Waals surface area (Å²) in [5, 5.41) is 2.94. The molecule has 2 fully saturated rings. The predicted octanol–water partition coefficient (Wildman–Crippen LogP) is 1.21. The van der Waals surface area contributed by atoms with E-state index in [1.54, 1.807) is 0 Å². The normalized spacial score (nSPS) is 34.3. The number of amides is 1. The molecule has 2 aliphatic rings. The summed E-state index contributed by atoms with van der Waals surface area (Å²) in [5.74, 6) is 2.05. The van der Waals surface area contributed by atoms with Crippen molar-refractivity contribution >= 4 is 23.1 Å². The van der Waals surface area contributed by atoms with Crippen molar-refractivity contribution in [1.29, 1.82) is 0 Å². The van der Waals surface area contributed by atoms with Gasteiger partial charge in [0.15, 0.2) is 0 Å². The molecule has 0 aliphatic heterocycles. The average molecular weight is 226 g/mol. The van der Waals surface area contributed by atoms with Crippen molar-refractivity contribution < 1.29 is 4.79 Å². The molecule has 2 aliphatic carbocycles. The highest BCUT2D eigenvalue weighted by atomic mass is 32.1. The molecule has 0 spiro atoms. The fraction of sp³-hybridized carbons (Fsp3) is 0.818. The first kappa shape index (κ1) is 10.9. The molecule has 84 valence electrons. The molecule has 15 heavy (non-hydrogen) atoms. The van der Waals surface area contributed by atoms with Gasteiger partial charge >= 0.3 is 0 Å². The fourth-order valence-corrected chi connectivity index (χ4v) is 2.82. The maximum atomic E-state index is 11.9. The van der Waals surface area contributed by atoms with Gasteiger partial charge in [0.1, 0.15) is 0 Å². The molecule has 3 N–H and O–H groups in total. The van der Waals surface area contributed by atoms with E-state index in [0.29, 0.717) is 4.99 Å². The van der Waals surface area contributed by atoms with Crippen LogP contribution in [0.15, 0.2) is 0 Å². The van der Waals surface area contributed by atoms with E-state index in [9.17, 15) is 4.79 Å². The number of hydrogen-bond donors (Lipinski definition) is 2. The molecule has 3 atom stereocenters. The first-order chi connectivity index (χ1) is 7.11. The summed E-state index contributed by atoms with van der Waals surface area (Å²) in [6.07, 6.45) is 4.27. The van der Waals surface area contributed by atoms with Gasteiger partial charge in [0.05, 0.1) is 11.0 Å². The molecule has 0 aromatic carbocycles. The van der Waals surface area contributed by atoms with Crippen LogP contribution in [0.1, 0.15) is 32.6 Å². The van der Waals surface area contributed by atoms with Crippen molar-refractivity contribution in [3.05, 3.63) is 0 Å². The lowest BCUT2D eigenvalue weighted by Gasteiger charge is -2.18. The lowest BCUT2D eigenvalue weighted by Crippen LogP contribution is -2.45. The number of hydrogen-bond acceptors (Lipinski definition) is 2. The summed E-state index contributed by atoms with van der Waals surface area (Å²) in [5.41, 5.74) is 5.55. The van der Waals surface area contributed by atoms with Crippen LogP contribution in [0.3, 0.4) is 0 Å². The molecule has 2 rings (SSSR count). The third-order valence-electron chi connectivity index (χ3n) is 3.68. The largest absolute Gasteiger partial charge is 0.392 e. The smallest absolute Gasteiger partial charge is 0.223 e. The van der Waals surface area contributed by atoms with Crippen molar-refractivity contribution in [3.63, 3.8) is 0 Å². The molecular formula is C11H18N2OS. The van der Waals surface area contributed by atoms with Crippen LogP contribution in [0.25, 0.3) is 0 Å². The second-order valence-corrected chi connectivity index (χ2v) is 5.27. The van der Waals surface area contributed by atoms with E-state index >= 15 is 0 Å². The number of carbonyl (C=O) groups excluding carboxylic acids is 1. The number of thiocarbonyl (C=S) groups is 1. The number of fused-ring (bicyclic) bond motifs is 1. The predicted molar refractivity (Wildman–Crippen MR) is 63.3 cm³/mol. The van der Waals surface area contributed by atoms with E-state index in [1.807, 2.05) is 6.92 Å². The zero-order valence-corrected chi connectivity index (χ0v) is 9.85. The Balaban J connectivity index is 1.83. The van der Waals surface area contributed by atoms with E-state index in [2.05, 4.69) is 5.32 Å². The van der Waals surface area contributed by atoms with Crippen LogP contribution >= 0.6 is 12.2 Å². The molecule has 0 saturated heterocycles. The van der Waals surface area contributed by atoms with Gasteiger partial charge in [-0.1, -0.05) is 19.1 Å². The number of nitrogens with one attached hydrogen (secondary N) is 1. The van der Waals surface area contributed by atoms with Crippen molar-refractivity contribution in [2.45, 2.75) is 38.6 Å². The van der Waals surface area contributed by atoms with E-state index in [0.717, 1.165) is 31.1 Å². The van der Waals surface area contributed by atoms with Gasteiger partial charge in [0.25, 0.3) is 0 Å². The molecule has 0 bridgehead atoms. The molecule has 0 radical (unpaired) electrons. The van der Waals surface area contributed by atoms with Gasteiger partial charge in [-0.2, -0.15) is 0 Å². The maximum Gasteiger partial charge on any atom is 0.223 e. The van der Waals surface area contributed by atoms with Crippen LogP contribution in [-0.2, 0) is 4.79 Å². The van der Waals surface area contributed by atoms with Crippen LogP contribution in [-0.4, -0.2) is 16.9 Å². The molecule has 3 nitrogen and oxygen atoms in total. The highest BCUT2D eigenvalue weighted by Gasteiger charge is 2.48. The Morgan fingerprint density at radius 1 is 1.47 bits per heavy atom. The summed E-state index contributed by atoms with van der Waals surface area (Å²) in [6.45, 7) is 1.98. The Morgan fingerprint density at radius 2 is 2.07 bits per heavy atom. The quantitative estimate of drug-likeness (QED) is 0.709. The van der Waals surface area contributed by atoms with E-state index in [4.69, 9.17) is 18.0 Å². The number of rotatable bonds is 4. The van der Waals surface area contributed by atoms with E-state index < -0.39 is 0 Å². The van der Waals surface area contributed by atoms with Crippen LogP contribution in [0.2, 0.25) is 0 Å². The van der Waals surface area contributed by atoms with Gasteiger partial charge in [0.2, 0.25) is 5.91 Å². The minimum absolute atomic E-state index is 0.121. The van der Waals surface area contributed by atoms with Gasteiger partial charge in [0, 0.05) is 5.92 Å². The summed E-state index contributed by atoms with van der Waals surface area (Å²) in [6, 6.07) is -0.121. The Labute approximate surface area is 95.8 Å². The minimum Gasteiger partial charge on any atom is -0.392 e. The topological polar surface area (TPSA) is 55.1 Å². The van der Waals surface area contributed by atoms with Crippen LogP contribution < -0.4 is 11.1 Å². The molecule has 1 amide bonds. The zero-order valence-electron chi connectivity index (χ0n) is 9.03. The summed E-state index contributed by atoms with van der Waals surface area (Å²) >= 11 is 4.90. The summed E-state index contributed by atoms with van der Waals surface area (Å²) in [7, 11) is 0. The number of carbonyl (C=O) groups is 1. The number of nitrogens with two attached hydrogens (primary N) is 1. The Bertz CT molecular complexity index is 282. The molecule has 0 heterocycles.